The molecular formula is C106H96N4O16. The van der Waals surface area contributed by atoms with Gasteiger partial charge in [0.2, 0.25) is 11.8 Å². The number of esters is 2. The Kier molecular flexibility index (Phi) is 21.3. The van der Waals surface area contributed by atoms with Crippen LogP contribution in [0.2, 0.25) is 0 Å². The molecule has 2 N–H and O–H groups in total. The minimum absolute atomic E-state index is 0.00131. The number of carbonyl (C=O) groups is 8. The second-order valence-electron chi connectivity index (χ2n) is 36.8. The predicted molar refractivity (Wildman–Crippen MR) is 490 cm³/mol. The lowest BCUT2D eigenvalue weighted by molar-refractivity contribution is -0.149. The fourth-order valence-corrected chi connectivity index (χ4v) is 17.1. The van der Waals surface area contributed by atoms with Gasteiger partial charge >= 0.3 is 11.9 Å². The van der Waals surface area contributed by atoms with E-state index in [4.69, 9.17) is 37.3 Å². The van der Waals surface area contributed by atoms with Crippen molar-refractivity contribution >= 4 is 134 Å². The highest BCUT2D eigenvalue weighted by atomic mass is 16.5. The van der Waals surface area contributed by atoms with E-state index in [0.29, 0.717) is 67.2 Å². The maximum atomic E-state index is 17.1. The van der Waals surface area contributed by atoms with Crippen molar-refractivity contribution in [3.05, 3.63) is 286 Å². The molecule has 2 aliphatic rings. The summed E-state index contributed by atoms with van der Waals surface area (Å²) in [4.78, 5) is 127. The number of furan rings is 2. The van der Waals surface area contributed by atoms with E-state index in [1.54, 1.807) is 50.2 Å². The summed E-state index contributed by atoms with van der Waals surface area (Å²) < 4.78 is 55.3. The molecule has 17 rings (SSSR count). The molecule has 2 aromatic heterocycles. The van der Waals surface area contributed by atoms with Gasteiger partial charge in [0.25, 0.3) is 23.6 Å². The molecule has 0 saturated carbocycles. The summed E-state index contributed by atoms with van der Waals surface area (Å²) in [5, 5.41) is 9.82. The van der Waals surface area contributed by atoms with Crippen molar-refractivity contribution in [3.63, 3.8) is 0 Å². The molecule has 126 heavy (non-hydrogen) atoms. The van der Waals surface area contributed by atoms with Crippen LogP contribution < -0.4 is 29.6 Å². The molecule has 0 saturated heterocycles. The van der Waals surface area contributed by atoms with Gasteiger partial charge in [-0.3, -0.25) is 38.6 Å². The molecule has 20 heteroatoms. The average molecular weight is 1680 g/mol. The van der Waals surface area contributed by atoms with Gasteiger partial charge in [-0.2, -0.15) is 0 Å². The van der Waals surface area contributed by atoms with E-state index in [9.17, 15) is 9.59 Å². The minimum atomic E-state index is -1.74. The minimum Gasteiger partial charge on any atom is -0.462 e. The fourth-order valence-electron chi connectivity index (χ4n) is 17.1. The van der Waals surface area contributed by atoms with Crippen molar-refractivity contribution in [1.82, 2.24) is 20.4 Å². The van der Waals surface area contributed by atoms with E-state index < -0.39 is 59.5 Å². The lowest BCUT2D eigenvalue weighted by atomic mass is 9.80. The molecule has 6 amide bonds. The molecule has 0 radical (unpaired) electrons. The van der Waals surface area contributed by atoms with Crippen molar-refractivity contribution < 1.29 is 75.6 Å². The van der Waals surface area contributed by atoms with Crippen molar-refractivity contribution in [2.75, 3.05) is 26.3 Å². The highest BCUT2D eigenvalue weighted by Gasteiger charge is 2.48. The quantitative estimate of drug-likeness (QED) is 0.0142. The molecule has 2 aliphatic heterocycles. The summed E-state index contributed by atoms with van der Waals surface area (Å²) >= 11 is 0. The van der Waals surface area contributed by atoms with Gasteiger partial charge in [-0.1, -0.05) is 218 Å². The standard InChI is InChI=1S/C106H96N4O16/c1-57(2)95(111)107-47-49-119-101(117)77(51-59-23-21-27-71-69-25-17-19-29-79(69)125-93(59)71)109-97(113)73-53-81(121-65-39-31-61(32-40-65)103(5,6)7)87-89-83(123-67-43-35-63(36-44-67)105(11,12)13)55-75-86-76(100(116)110(99(75)115)78(102(118)120-50-48-108-96(112)58(3)4)52-60-24-22-28-72-70-26-18-20-30-80(70)126-94(60)72)56-84(124-68-45-37-64(38-46-68)106(14,15)16)90(92(86)89)88-82(54-74(98(109)114)85(73)91(87)88)122-66-41-33-62(34-42-66)104(8,9)10/h17-46,53-56,77-78H,1,3,47-52H2,2,4-16H3,(H,107,111)(H,108,112). The first-order chi connectivity index (χ1) is 60.0. The highest BCUT2D eigenvalue weighted by Crippen LogP contribution is 2.59. The summed E-state index contributed by atoms with van der Waals surface area (Å²) in [5.74, 6) is -5.49. The zero-order valence-corrected chi connectivity index (χ0v) is 72.9. The van der Waals surface area contributed by atoms with Gasteiger partial charge in [0.15, 0.2) is 0 Å². The predicted octanol–water partition coefficient (Wildman–Crippen LogP) is 22.8. The molecule has 13 aromatic carbocycles. The maximum Gasteiger partial charge on any atom is 0.329 e. The van der Waals surface area contributed by atoms with Gasteiger partial charge < -0.3 is 47.9 Å². The van der Waals surface area contributed by atoms with Gasteiger partial charge in [-0.05, 0) is 154 Å². The number of amides is 6. The fraction of sp³-hybridized carbons (Fsp3) is 0.245. The number of imide groups is 2. The van der Waals surface area contributed by atoms with E-state index in [1.165, 1.54) is 0 Å². The van der Waals surface area contributed by atoms with Crippen LogP contribution in [0.1, 0.15) is 172 Å². The summed E-state index contributed by atoms with van der Waals surface area (Å²) in [7, 11) is 0. The highest BCUT2D eigenvalue weighted by molar-refractivity contribution is 6.45. The van der Waals surface area contributed by atoms with Crippen molar-refractivity contribution in [2.24, 2.45) is 0 Å². The molecular weight excluding hydrogens is 1590 g/mol. The van der Waals surface area contributed by atoms with Gasteiger partial charge in [0, 0.05) is 88.6 Å². The Bertz CT molecular complexity index is 6390. The Labute approximate surface area is 728 Å². The van der Waals surface area contributed by atoms with Crippen LogP contribution in [0.15, 0.2) is 239 Å². The van der Waals surface area contributed by atoms with Gasteiger partial charge in [-0.25, -0.2) is 9.59 Å². The summed E-state index contributed by atoms with van der Waals surface area (Å²) in [6.45, 7) is 34.6. The lowest BCUT2D eigenvalue weighted by Crippen LogP contribution is -2.52. The number of rotatable bonds is 24. The third-order valence-electron chi connectivity index (χ3n) is 23.8. The SMILES string of the molecule is C=C(C)C(=O)NCCOC(=O)C(Cc1cccc2c1oc1ccccc12)N1C(=O)c2cc(Oc3ccc(C(C)(C)C)cc3)c3c4c(Oc5ccc(C(C)(C)C)cc5)cc5c6c(cc(Oc7ccc(C(C)(C)C)cc7)c(c7c(Oc8ccc(C(C)(C)C)cc8)cc(c2c37)C1=O)c64)C(=O)N(C(Cc1cccc2c1oc1ccccc12)C(=O)OCCNC(=O)C(=C)C)C5=O. The molecule has 0 bridgehead atoms. The number of carbonyl (C=O) groups excluding carboxylic acids is 8. The number of hydrogen-bond donors (Lipinski definition) is 2. The van der Waals surface area contributed by atoms with E-state index in [1.807, 2.05) is 170 Å². The summed E-state index contributed by atoms with van der Waals surface area (Å²) in [6.07, 6.45) is -0.655. The first-order valence-electron chi connectivity index (χ1n) is 42.2. The Morgan fingerprint density at radius 3 is 0.889 bits per heavy atom. The lowest BCUT2D eigenvalue weighted by Gasteiger charge is -2.35. The van der Waals surface area contributed by atoms with E-state index in [0.717, 1.165) is 42.8 Å². The third-order valence-corrected chi connectivity index (χ3v) is 23.8. The van der Waals surface area contributed by atoms with Crippen LogP contribution in [-0.2, 0) is 63.2 Å². The van der Waals surface area contributed by atoms with Crippen LogP contribution in [0.5, 0.6) is 46.0 Å². The largest absolute Gasteiger partial charge is 0.462 e. The smallest absolute Gasteiger partial charge is 0.329 e. The van der Waals surface area contributed by atoms with Crippen molar-refractivity contribution in [2.45, 2.75) is 144 Å². The second kappa shape index (κ2) is 32.0. The van der Waals surface area contributed by atoms with Crippen molar-refractivity contribution in [3.8, 4) is 46.0 Å². The Morgan fingerprint density at radius 1 is 0.349 bits per heavy atom. The maximum absolute atomic E-state index is 17.1. The van der Waals surface area contributed by atoms with Crippen LogP contribution in [-0.4, -0.2) is 95.6 Å². The molecule has 0 spiro atoms. The molecule has 20 nitrogen and oxygen atoms in total. The number of nitrogens with zero attached hydrogens (tertiary/aromatic N) is 2. The van der Waals surface area contributed by atoms with Gasteiger partial charge in [0.1, 0.15) is 93.6 Å². The number of nitrogens with one attached hydrogen (secondary N) is 2. The Hall–Kier alpha value is -14.4. The summed E-state index contributed by atoms with van der Waals surface area (Å²) in [6, 6.07) is 58.6. The van der Waals surface area contributed by atoms with Gasteiger partial charge in [-0.15, -0.1) is 0 Å². The first kappa shape index (κ1) is 83.8. The molecule has 2 atom stereocenters. The van der Waals surface area contributed by atoms with E-state index in [-0.39, 0.29) is 160 Å². The van der Waals surface area contributed by atoms with Crippen LogP contribution in [0.4, 0.5) is 0 Å². The molecule has 0 fully saturated rings. The molecule has 15 aromatic rings. The number of hydrogen-bond acceptors (Lipinski definition) is 16. The zero-order chi connectivity index (χ0) is 89.1. The molecule has 2 unspecified atom stereocenters. The topological polar surface area (TPSA) is 249 Å². The third kappa shape index (κ3) is 15.4. The van der Waals surface area contributed by atoms with Crippen LogP contribution in [0.3, 0.4) is 0 Å². The second-order valence-corrected chi connectivity index (χ2v) is 36.8. The van der Waals surface area contributed by atoms with Gasteiger partial charge in [0.05, 0.1) is 35.3 Å². The van der Waals surface area contributed by atoms with Crippen molar-refractivity contribution in [1.29, 1.82) is 0 Å². The molecule has 636 valence electrons. The number of ether oxygens (including phenoxy) is 6. The number of benzene rings is 13. The van der Waals surface area contributed by atoms with E-state index >= 15 is 28.8 Å². The first-order valence-corrected chi connectivity index (χ1v) is 42.2. The average Bonchev–Trinajstić information content (AvgIpc) is 0.700. The number of fused-ring (bicyclic) bond motifs is 8. The normalized spacial score (nSPS) is 13.7. The zero-order valence-electron chi connectivity index (χ0n) is 72.9. The van der Waals surface area contributed by atoms with Crippen LogP contribution in [0.25, 0.3) is 87.0 Å². The number of para-hydroxylation sites is 4. The van der Waals surface area contributed by atoms with Crippen LogP contribution >= 0.6 is 0 Å². The Balaban J connectivity index is 0.984. The monoisotopic (exact) mass is 1680 g/mol. The van der Waals surface area contributed by atoms with Crippen LogP contribution in [0, 0.1) is 0 Å². The van der Waals surface area contributed by atoms with E-state index in [2.05, 4.69) is 107 Å². The Morgan fingerprint density at radius 2 is 0.619 bits per heavy atom. The molecule has 4 heterocycles. The summed E-state index contributed by atoms with van der Waals surface area (Å²) in [5.41, 5.74) is 5.40. The molecule has 0 aliphatic carbocycles.